The third-order valence-electron chi connectivity index (χ3n) is 1.98. The Hall–Kier alpha value is -0.410. The summed E-state index contributed by atoms with van der Waals surface area (Å²) in [5.74, 6) is 0. The first-order valence-corrected chi connectivity index (χ1v) is 3.60. The molecule has 0 bridgehead atoms. The van der Waals surface area contributed by atoms with Crippen molar-refractivity contribution < 1.29 is 4.79 Å². The predicted octanol–water partition coefficient (Wildman–Crippen LogP) is -0.475. The molecular formula is C7H14N2O. The van der Waals surface area contributed by atoms with Crippen LogP contribution in [0.25, 0.3) is 0 Å². The Kier molecular flexibility index (Phi) is 2.06. The van der Waals surface area contributed by atoms with Crippen molar-refractivity contribution in [3.05, 3.63) is 0 Å². The summed E-state index contributed by atoms with van der Waals surface area (Å²) in [6.07, 6.45) is 0.964. The molecule has 3 heteroatoms. The van der Waals surface area contributed by atoms with E-state index in [2.05, 4.69) is 10.6 Å². The minimum Gasteiger partial charge on any atom is -0.309 e. The summed E-state index contributed by atoms with van der Waals surface area (Å²) in [5.41, 5.74) is -0.0833. The maximum Gasteiger partial charge on any atom is 0.138 e. The van der Waals surface area contributed by atoms with Crippen LogP contribution >= 0.6 is 0 Å². The average molecular weight is 142 g/mol. The molecule has 2 N–H and O–H groups in total. The number of aldehydes is 1. The maximum atomic E-state index is 10.5. The van der Waals surface area contributed by atoms with Crippen molar-refractivity contribution in [1.82, 2.24) is 10.6 Å². The summed E-state index contributed by atoms with van der Waals surface area (Å²) in [7, 11) is 0. The highest BCUT2D eigenvalue weighted by atomic mass is 16.1. The molecule has 3 nitrogen and oxygen atoms in total. The van der Waals surface area contributed by atoms with Crippen molar-refractivity contribution in [1.29, 1.82) is 0 Å². The molecule has 0 spiro atoms. The van der Waals surface area contributed by atoms with Crippen LogP contribution in [0.15, 0.2) is 0 Å². The molecule has 0 aromatic carbocycles. The summed E-state index contributed by atoms with van der Waals surface area (Å²) < 4.78 is 0. The summed E-state index contributed by atoms with van der Waals surface area (Å²) in [6.45, 7) is 5.88. The lowest BCUT2D eigenvalue weighted by Gasteiger charge is -2.37. The number of piperazine rings is 1. The Balaban J connectivity index is 2.59. The molecule has 1 unspecified atom stereocenters. The van der Waals surface area contributed by atoms with Gasteiger partial charge in [-0.2, -0.15) is 0 Å². The van der Waals surface area contributed by atoms with Crippen LogP contribution in [0, 0.1) is 0 Å². The van der Waals surface area contributed by atoms with Crippen molar-refractivity contribution in [2.75, 3.05) is 13.1 Å². The molecule has 0 aliphatic carbocycles. The van der Waals surface area contributed by atoms with E-state index in [9.17, 15) is 4.79 Å². The number of hydrogen-bond acceptors (Lipinski definition) is 3. The molecule has 0 aromatic rings. The second-order valence-electron chi connectivity index (χ2n) is 3.22. The normalized spacial score (nSPS) is 31.6. The van der Waals surface area contributed by atoms with Gasteiger partial charge in [0, 0.05) is 18.6 Å². The van der Waals surface area contributed by atoms with Crippen LogP contribution in [-0.2, 0) is 4.79 Å². The van der Waals surface area contributed by atoms with E-state index in [0.29, 0.717) is 0 Å². The van der Waals surface area contributed by atoms with Crippen LogP contribution in [0.1, 0.15) is 13.8 Å². The minimum absolute atomic E-state index is 0.0405. The molecule has 10 heavy (non-hydrogen) atoms. The predicted molar refractivity (Wildman–Crippen MR) is 39.9 cm³/mol. The summed E-state index contributed by atoms with van der Waals surface area (Å²) in [5, 5.41) is 6.39. The summed E-state index contributed by atoms with van der Waals surface area (Å²) >= 11 is 0. The molecule has 1 rings (SSSR count). The topological polar surface area (TPSA) is 41.1 Å². The van der Waals surface area contributed by atoms with E-state index in [1.54, 1.807) is 0 Å². The Morgan fingerprint density at radius 3 is 2.60 bits per heavy atom. The fraction of sp³-hybridized carbons (Fsp3) is 0.857. The van der Waals surface area contributed by atoms with Gasteiger partial charge in [-0.15, -0.1) is 0 Å². The largest absolute Gasteiger partial charge is 0.309 e. The Bertz CT molecular complexity index is 134. The molecule has 0 amide bonds. The molecule has 1 atom stereocenters. The fourth-order valence-electron chi connectivity index (χ4n) is 1.20. The summed E-state index contributed by atoms with van der Waals surface area (Å²) in [6, 6.07) is -0.0405. The van der Waals surface area contributed by atoms with E-state index >= 15 is 0 Å². The maximum absolute atomic E-state index is 10.5. The number of rotatable bonds is 1. The van der Waals surface area contributed by atoms with Gasteiger partial charge in [0.2, 0.25) is 0 Å². The van der Waals surface area contributed by atoms with Crippen LogP contribution in [0.4, 0.5) is 0 Å². The highest BCUT2D eigenvalue weighted by Gasteiger charge is 2.30. The van der Waals surface area contributed by atoms with Gasteiger partial charge in [-0.05, 0) is 13.8 Å². The lowest BCUT2D eigenvalue weighted by atomic mass is 9.94. The summed E-state index contributed by atoms with van der Waals surface area (Å²) in [4.78, 5) is 10.5. The number of carbonyl (C=O) groups is 1. The standard InChI is InChI=1S/C7H14N2O/c1-7(2)6(5-10)8-3-4-9-7/h5-6,8-9H,3-4H2,1-2H3. The minimum atomic E-state index is -0.0833. The second kappa shape index (κ2) is 2.68. The van der Waals surface area contributed by atoms with E-state index in [4.69, 9.17) is 0 Å². The first-order valence-electron chi connectivity index (χ1n) is 3.60. The highest BCUT2D eigenvalue weighted by Crippen LogP contribution is 2.09. The monoisotopic (exact) mass is 142 g/mol. The van der Waals surface area contributed by atoms with Crippen LogP contribution in [0.2, 0.25) is 0 Å². The smallest absolute Gasteiger partial charge is 0.138 e. The lowest BCUT2D eigenvalue weighted by molar-refractivity contribution is -0.111. The fourth-order valence-corrected chi connectivity index (χ4v) is 1.20. The number of carbonyl (C=O) groups excluding carboxylic acids is 1. The van der Waals surface area contributed by atoms with Gasteiger partial charge in [0.05, 0.1) is 6.04 Å². The highest BCUT2D eigenvalue weighted by molar-refractivity contribution is 5.60. The van der Waals surface area contributed by atoms with Crippen molar-refractivity contribution in [2.45, 2.75) is 25.4 Å². The third kappa shape index (κ3) is 1.36. The van der Waals surface area contributed by atoms with E-state index in [0.717, 1.165) is 19.4 Å². The third-order valence-corrected chi connectivity index (χ3v) is 1.98. The van der Waals surface area contributed by atoms with Crippen molar-refractivity contribution in [2.24, 2.45) is 0 Å². The van der Waals surface area contributed by atoms with E-state index in [1.807, 2.05) is 13.8 Å². The molecule has 1 heterocycles. The molecule has 1 aliphatic rings. The van der Waals surface area contributed by atoms with Gasteiger partial charge in [0.25, 0.3) is 0 Å². The Morgan fingerprint density at radius 1 is 1.50 bits per heavy atom. The van der Waals surface area contributed by atoms with Crippen LogP contribution in [-0.4, -0.2) is 31.0 Å². The van der Waals surface area contributed by atoms with Crippen molar-refractivity contribution in [3.8, 4) is 0 Å². The molecule has 0 aromatic heterocycles. The Morgan fingerprint density at radius 2 is 2.20 bits per heavy atom. The number of nitrogens with one attached hydrogen (secondary N) is 2. The molecule has 0 saturated carbocycles. The molecule has 58 valence electrons. The second-order valence-corrected chi connectivity index (χ2v) is 3.22. The van der Waals surface area contributed by atoms with Gasteiger partial charge < -0.3 is 15.4 Å². The zero-order valence-corrected chi connectivity index (χ0v) is 6.48. The molecule has 1 fully saturated rings. The van der Waals surface area contributed by atoms with E-state index < -0.39 is 0 Å². The van der Waals surface area contributed by atoms with Crippen molar-refractivity contribution >= 4 is 6.29 Å². The van der Waals surface area contributed by atoms with E-state index in [-0.39, 0.29) is 11.6 Å². The zero-order valence-electron chi connectivity index (χ0n) is 6.48. The first-order chi connectivity index (χ1) is 4.67. The molecule has 1 saturated heterocycles. The van der Waals surface area contributed by atoms with Gasteiger partial charge in [0.15, 0.2) is 0 Å². The van der Waals surface area contributed by atoms with Gasteiger partial charge in [0.1, 0.15) is 6.29 Å². The van der Waals surface area contributed by atoms with Gasteiger partial charge in [-0.3, -0.25) is 0 Å². The van der Waals surface area contributed by atoms with Crippen molar-refractivity contribution in [3.63, 3.8) is 0 Å². The molecule has 0 radical (unpaired) electrons. The lowest BCUT2D eigenvalue weighted by Crippen LogP contribution is -2.63. The van der Waals surface area contributed by atoms with Crippen LogP contribution < -0.4 is 10.6 Å². The van der Waals surface area contributed by atoms with E-state index in [1.165, 1.54) is 0 Å². The first kappa shape index (κ1) is 7.69. The van der Waals surface area contributed by atoms with Gasteiger partial charge in [-0.1, -0.05) is 0 Å². The average Bonchev–Trinajstić information content (AvgIpc) is 1.87. The van der Waals surface area contributed by atoms with Gasteiger partial charge >= 0.3 is 0 Å². The quantitative estimate of drug-likeness (QED) is 0.486. The number of hydrogen-bond donors (Lipinski definition) is 2. The van der Waals surface area contributed by atoms with Gasteiger partial charge in [-0.25, -0.2) is 0 Å². The Labute approximate surface area is 61.2 Å². The molecular weight excluding hydrogens is 128 g/mol. The van der Waals surface area contributed by atoms with Crippen LogP contribution in [0.3, 0.4) is 0 Å². The SMILES string of the molecule is CC1(C)NCCNC1C=O. The molecule has 1 aliphatic heterocycles. The van der Waals surface area contributed by atoms with Crippen LogP contribution in [0.5, 0.6) is 0 Å². The zero-order chi connectivity index (χ0) is 7.61.